The van der Waals surface area contributed by atoms with E-state index in [-0.39, 0.29) is 0 Å². The van der Waals surface area contributed by atoms with Crippen molar-refractivity contribution in [3.63, 3.8) is 0 Å². The van der Waals surface area contributed by atoms with E-state index < -0.39 is 30.1 Å². The molecule has 0 amide bonds. The average Bonchev–Trinajstić information content (AvgIpc) is 3.46. The molecule has 0 aromatic heterocycles. The average molecular weight is 588 g/mol. The van der Waals surface area contributed by atoms with Crippen LogP contribution in [0.3, 0.4) is 0 Å². The summed E-state index contributed by atoms with van der Waals surface area (Å²) in [6.45, 7) is 24.9. The number of aryl methyl sites for hydroxylation is 3. The molecule has 1 nitrogen and oxygen atoms in total. The van der Waals surface area contributed by atoms with Gasteiger partial charge in [-0.2, -0.15) is 0 Å². The van der Waals surface area contributed by atoms with E-state index in [2.05, 4.69) is 121 Å². The van der Waals surface area contributed by atoms with E-state index in [0.717, 1.165) is 17.2 Å². The minimum atomic E-state index is -1.94. The summed E-state index contributed by atoms with van der Waals surface area (Å²) < 4.78 is 9.36. The molecule has 37 heavy (non-hydrogen) atoms. The molecule has 0 spiro atoms. The van der Waals surface area contributed by atoms with Gasteiger partial charge in [0.25, 0.3) is 0 Å². The number of benzene rings is 3. The van der Waals surface area contributed by atoms with Gasteiger partial charge in [-0.25, -0.2) is 0 Å². The maximum absolute atomic E-state index is 4.94. The SMILES string of the molecule is C1CCOC1.Cc1cc(C)[c]([Ge](=[C]2c3ccccc3-c3ccccc32)[CH]([Si](C)(C)C)[Si](C)(C)C)c(C)c1. The summed E-state index contributed by atoms with van der Waals surface area (Å²) in [5.41, 5.74) is 10.4. The van der Waals surface area contributed by atoms with Gasteiger partial charge in [0.15, 0.2) is 0 Å². The van der Waals surface area contributed by atoms with Crippen molar-refractivity contribution in [2.75, 3.05) is 13.2 Å². The molecule has 1 fully saturated rings. The molecule has 0 radical (unpaired) electrons. The molecule has 4 heteroatoms. The second kappa shape index (κ2) is 11.3. The molecule has 0 atom stereocenters. The van der Waals surface area contributed by atoms with Crippen LogP contribution >= 0.6 is 0 Å². The molecule has 5 rings (SSSR count). The summed E-state index contributed by atoms with van der Waals surface area (Å²) in [4.78, 5) is 0. The number of fused-ring (bicyclic) bond motifs is 3. The Bertz CT molecular complexity index is 1210. The first-order chi connectivity index (χ1) is 17.4. The van der Waals surface area contributed by atoms with Crippen LogP contribution in [0.1, 0.15) is 40.7 Å². The Morgan fingerprint density at radius 2 is 1.05 bits per heavy atom. The van der Waals surface area contributed by atoms with Gasteiger partial charge in [-0.05, 0) is 12.8 Å². The Balaban J connectivity index is 0.000000572. The first-order valence-corrected chi connectivity index (χ1v) is 24.5. The van der Waals surface area contributed by atoms with E-state index in [4.69, 9.17) is 4.74 Å². The molecule has 0 N–H and O–H groups in total. The van der Waals surface area contributed by atoms with Crippen molar-refractivity contribution < 1.29 is 4.74 Å². The molecular weight excluding hydrogens is 541 g/mol. The molecule has 0 bridgehead atoms. The minimum absolute atomic E-state index is 0.907. The second-order valence-electron chi connectivity index (χ2n) is 13.1. The first kappa shape index (κ1) is 28.5. The van der Waals surface area contributed by atoms with Crippen molar-refractivity contribution in [3.05, 3.63) is 88.5 Å². The van der Waals surface area contributed by atoms with Crippen LogP contribution in [0.5, 0.6) is 0 Å². The van der Waals surface area contributed by atoms with Crippen LogP contribution in [0.4, 0.5) is 0 Å². The molecule has 0 unspecified atom stereocenters. The topological polar surface area (TPSA) is 9.23 Å². The third-order valence-corrected chi connectivity index (χ3v) is 36.6. The van der Waals surface area contributed by atoms with Gasteiger partial charge in [0.05, 0.1) is 0 Å². The van der Waals surface area contributed by atoms with Crippen LogP contribution < -0.4 is 4.40 Å². The Labute approximate surface area is 232 Å². The Morgan fingerprint density at radius 3 is 1.41 bits per heavy atom. The molecule has 2 aliphatic rings. The number of ether oxygens (including phenoxy) is 1. The van der Waals surface area contributed by atoms with Crippen molar-refractivity contribution in [2.24, 2.45) is 0 Å². The molecule has 1 aliphatic carbocycles. The van der Waals surface area contributed by atoms with Crippen molar-refractivity contribution in [1.82, 2.24) is 0 Å². The van der Waals surface area contributed by atoms with Crippen LogP contribution in [0.15, 0.2) is 60.7 Å². The zero-order valence-electron chi connectivity index (χ0n) is 24.6. The summed E-state index contributed by atoms with van der Waals surface area (Å²) in [5, 5.41) is 0. The Kier molecular flexibility index (Phi) is 8.69. The third-order valence-electron chi connectivity index (χ3n) is 7.75. The summed E-state index contributed by atoms with van der Waals surface area (Å²) in [6, 6.07) is 23.4. The van der Waals surface area contributed by atoms with Crippen LogP contribution in [0.25, 0.3) is 11.1 Å². The number of hydrogen-bond acceptors (Lipinski definition) is 1. The molecule has 1 heterocycles. The van der Waals surface area contributed by atoms with Crippen molar-refractivity contribution in [1.29, 1.82) is 0 Å². The Morgan fingerprint density at radius 1 is 0.649 bits per heavy atom. The summed E-state index contributed by atoms with van der Waals surface area (Å²) in [6.07, 6.45) is 2.56. The molecule has 3 aromatic carbocycles. The standard InChI is InChI=1S/C29H38GeSi2.C4H8O/c1-20-18-21(2)27(22(3)19-20)30(29(31(4,5)6)32(7,8)9)28-25-16-12-10-14-23(25)24-15-11-13-17-26(24)28;1-2-4-5-3-1/h10-19,29H,1-9H3;1-4H2. The van der Waals surface area contributed by atoms with Crippen molar-refractivity contribution in [3.8, 4) is 11.1 Å². The van der Waals surface area contributed by atoms with Gasteiger partial charge < -0.3 is 4.74 Å². The van der Waals surface area contributed by atoms with Gasteiger partial charge in [-0.1, -0.05) is 0 Å². The van der Waals surface area contributed by atoms with Gasteiger partial charge in [0.1, 0.15) is 0 Å². The third kappa shape index (κ3) is 6.05. The fourth-order valence-corrected chi connectivity index (χ4v) is 39.0. The van der Waals surface area contributed by atoms with Gasteiger partial charge >= 0.3 is 202 Å². The number of hydrogen-bond donors (Lipinski definition) is 0. The van der Waals surface area contributed by atoms with E-state index in [1.165, 1.54) is 51.8 Å². The van der Waals surface area contributed by atoms with Gasteiger partial charge in [0.2, 0.25) is 0 Å². The Hall–Kier alpha value is -1.53. The zero-order chi connectivity index (χ0) is 27.0. The predicted molar refractivity (Wildman–Crippen MR) is 172 cm³/mol. The van der Waals surface area contributed by atoms with Gasteiger partial charge in [-0.15, -0.1) is 0 Å². The summed E-state index contributed by atoms with van der Waals surface area (Å²) in [5.74, 6) is 0. The normalized spacial score (nSPS) is 14.8. The van der Waals surface area contributed by atoms with E-state index in [9.17, 15) is 0 Å². The van der Waals surface area contributed by atoms with Crippen LogP contribution in [-0.2, 0) is 4.74 Å². The van der Waals surface area contributed by atoms with E-state index in [0.29, 0.717) is 0 Å². The molecule has 196 valence electrons. The summed E-state index contributed by atoms with van der Waals surface area (Å²) >= 11 is -1.94. The van der Waals surface area contributed by atoms with Gasteiger partial charge in [0, 0.05) is 13.2 Å². The quantitative estimate of drug-likeness (QED) is 0.220. The van der Waals surface area contributed by atoms with Gasteiger partial charge in [-0.3, -0.25) is 0 Å². The van der Waals surface area contributed by atoms with Crippen LogP contribution in [0.2, 0.25) is 43.3 Å². The molecule has 1 aliphatic heterocycles. The molecule has 3 aromatic rings. The molecule has 1 saturated heterocycles. The number of rotatable bonds is 4. The van der Waals surface area contributed by atoms with Crippen molar-refractivity contribution >= 4 is 38.8 Å². The predicted octanol–water partition coefficient (Wildman–Crippen LogP) is 8.07. The molecular formula is C33H46GeOSi2. The second-order valence-corrected chi connectivity index (χ2v) is 31.8. The zero-order valence-corrected chi connectivity index (χ0v) is 28.7. The monoisotopic (exact) mass is 588 g/mol. The first-order valence-electron chi connectivity index (χ1n) is 14.0. The maximum atomic E-state index is 4.94. The molecule has 0 saturated carbocycles. The van der Waals surface area contributed by atoms with E-state index >= 15 is 0 Å². The van der Waals surface area contributed by atoms with Crippen LogP contribution in [-0.4, -0.2) is 47.6 Å². The fourth-order valence-electron chi connectivity index (χ4n) is 7.00. The van der Waals surface area contributed by atoms with Crippen LogP contribution in [0, 0.1) is 20.8 Å². The van der Waals surface area contributed by atoms with E-state index in [1.54, 1.807) is 8.75 Å². The fraction of sp³-hybridized carbons (Fsp3) is 0.424. The van der Waals surface area contributed by atoms with Crippen molar-refractivity contribution in [2.45, 2.75) is 76.9 Å². The van der Waals surface area contributed by atoms with E-state index in [1.807, 2.05) is 0 Å². The summed E-state index contributed by atoms with van der Waals surface area (Å²) in [7, 11) is -2.84.